The van der Waals surface area contributed by atoms with Gasteiger partial charge in [-0.15, -0.1) is 0 Å². The van der Waals surface area contributed by atoms with Crippen LogP contribution in [0.2, 0.25) is 0 Å². The van der Waals surface area contributed by atoms with Crippen molar-refractivity contribution in [2.45, 2.75) is 6.10 Å². The van der Waals surface area contributed by atoms with Crippen LogP contribution in [0.3, 0.4) is 0 Å². The quantitative estimate of drug-likeness (QED) is 0.648. The fraction of sp³-hybridized carbons (Fsp3) is 0.0769. The summed E-state index contributed by atoms with van der Waals surface area (Å²) in [7, 11) is 0. The molecule has 1 atom stereocenters. The molecule has 2 aromatic rings. The zero-order valence-corrected chi connectivity index (χ0v) is 10.9. The number of halogens is 5. The molecule has 0 saturated carbocycles. The van der Waals surface area contributed by atoms with Gasteiger partial charge >= 0.3 is 0 Å². The maximum absolute atomic E-state index is 13.8. The van der Waals surface area contributed by atoms with Crippen molar-refractivity contribution in [1.29, 1.82) is 0 Å². The van der Waals surface area contributed by atoms with Crippen molar-refractivity contribution in [3.8, 4) is 0 Å². The average Bonchev–Trinajstić information content (AvgIpc) is 2.39. The van der Waals surface area contributed by atoms with E-state index in [4.69, 9.17) is 0 Å². The molecule has 1 nitrogen and oxygen atoms in total. The van der Waals surface area contributed by atoms with Gasteiger partial charge in [0.05, 0.1) is 4.47 Å². The van der Waals surface area contributed by atoms with E-state index in [1.54, 1.807) is 0 Å². The predicted octanol–water partition coefficient (Wildman–Crippen LogP) is 4.09. The molecule has 0 aromatic heterocycles. The SMILES string of the molecule is OC(c1cccc(Br)c1F)c1ccc(F)c(F)c1F. The first-order chi connectivity index (χ1) is 8.93. The number of rotatable bonds is 2. The summed E-state index contributed by atoms with van der Waals surface area (Å²) >= 11 is 2.92. The smallest absolute Gasteiger partial charge is 0.194 e. The van der Waals surface area contributed by atoms with Gasteiger partial charge in [-0.05, 0) is 28.1 Å². The van der Waals surface area contributed by atoms with Crippen molar-refractivity contribution in [3.05, 3.63) is 69.2 Å². The lowest BCUT2D eigenvalue weighted by atomic mass is 10.0. The van der Waals surface area contributed by atoms with Gasteiger partial charge in [0, 0.05) is 11.1 Å². The van der Waals surface area contributed by atoms with Crippen molar-refractivity contribution in [3.63, 3.8) is 0 Å². The van der Waals surface area contributed by atoms with E-state index >= 15 is 0 Å². The standard InChI is InChI=1S/C13H7BrF4O/c14-8-3-1-2-6(10(8)16)13(19)7-4-5-9(15)12(18)11(7)17/h1-5,13,19H. The minimum atomic E-state index is -1.73. The molecule has 19 heavy (non-hydrogen) atoms. The van der Waals surface area contributed by atoms with E-state index < -0.39 is 34.9 Å². The molecule has 0 heterocycles. The lowest BCUT2D eigenvalue weighted by Gasteiger charge is -2.14. The summed E-state index contributed by atoms with van der Waals surface area (Å²) in [6, 6.07) is 5.60. The lowest BCUT2D eigenvalue weighted by molar-refractivity contribution is 0.207. The van der Waals surface area contributed by atoms with Crippen molar-refractivity contribution >= 4 is 15.9 Å². The van der Waals surface area contributed by atoms with Crippen molar-refractivity contribution in [2.24, 2.45) is 0 Å². The normalized spacial score (nSPS) is 12.5. The molecule has 1 unspecified atom stereocenters. The number of hydrogen-bond acceptors (Lipinski definition) is 1. The van der Waals surface area contributed by atoms with Crippen LogP contribution in [-0.4, -0.2) is 5.11 Å². The number of aliphatic hydroxyl groups is 1. The third kappa shape index (κ3) is 2.50. The maximum atomic E-state index is 13.8. The molecule has 0 radical (unpaired) electrons. The van der Waals surface area contributed by atoms with Gasteiger partial charge in [-0.25, -0.2) is 17.6 Å². The van der Waals surface area contributed by atoms with Gasteiger partial charge < -0.3 is 5.11 Å². The second-order valence-corrected chi connectivity index (χ2v) is 4.66. The fourth-order valence-electron chi connectivity index (χ4n) is 1.65. The van der Waals surface area contributed by atoms with Crippen molar-refractivity contribution < 1.29 is 22.7 Å². The second-order valence-electron chi connectivity index (χ2n) is 3.81. The van der Waals surface area contributed by atoms with E-state index in [1.807, 2.05) is 0 Å². The topological polar surface area (TPSA) is 20.2 Å². The Balaban J connectivity index is 2.53. The highest BCUT2D eigenvalue weighted by atomic mass is 79.9. The van der Waals surface area contributed by atoms with E-state index in [2.05, 4.69) is 15.9 Å². The highest BCUT2D eigenvalue weighted by Gasteiger charge is 2.23. The maximum Gasteiger partial charge on any atom is 0.194 e. The number of hydrogen-bond donors (Lipinski definition) is 1. The molecular weight excluding hydrogens is 328 g/mol. The Kier molecular flexibility index (Phi) is 3.91. The van der Waals surface area contributed by atoms with Gasteiger partial charge in [0.1, 0.15) is 11.9 Å². The third-order valence-electron chi connectivity index (χ3n) is 2.64. The molecule has 0 aliphatic carbocycles. The van der Waals surface area contributed by atoms with E-state index in [9.17, 15) is 22.7 Å². The molecule has 0 aliphatic heterocycles. The van der Waals surface area contributed by atoms with E-state index in [1.165, 1.54) is 18.2 Å². The molecule has 0 aliphatic rings. The zero-order valence-electron chi connectivity index (χ0n) is 9.30. The molecule has 6 heteroatoms. The van der Waals surface area contributed by atoms with Crippen LogP contribution in [0.15, 0.2) is 34.8 Å². The first-order valence-electron chi connectivity index (χ1n) is 5.19. The van der Waals surface area contributed by atoms with Crippen LogP contribution < -0.4 is 0 Å². The summed E-state index contributed by atoms with van der Waals surface area (Å²) in [6.45, 7) is 0. The lowest BCUT2D eigenvalue weighted by Crippen LogP contribution is -2.07. The summed E-state index contributed by atoms with van der Waals surface area (Å²) in [5.41, 5.74) is -0.768. The number of aliphatic hydroxyl groups excluding tert-OH is 1. The molecule has 0 fully saturated rings. The van der Waals surface area contributed by atoms with Crippen molar-refractivity contribution in [1.82, 2.24) is 0 Å². The van der Waals surface area contributed by atoms with E-state index in [0.717, 1.165) is 6.07 Å². The molecule has 1 N–H and O–H groups in total. The first kappa shape index (κ1) is 14.0. The Morgan fingerprint density at radius 3 is 2.16 bits per heavy atom. The minimum Gasteiger partial charge on any atom is -0.383 e. The Bertz CT molecular complexity index is 630. The van der Waals surface area contributed by atoms with Gasteiger partial charge in [-0.3, -0.25) is 0 Å². The molecule has 0 amide bonds. The summed E-state index contributed by atoms with van der Waals surface area (Å²) in [5.74, 6) is -5.40. The van der Waals surface area contributed by atoms with Gasteiger partial charge in [-0.1, -0.05) is 18.2 Å². The Morgan fingerprint density at radius 2 is 1.47 bits per heavy atom. The summed E-state index contributed by atoms with van der Waals surface area (Å²) in [5, 5.41) is 9.90. The molecular formula is C13H7BrF4O. The summed E-state index contributed by atoms with van der Waals surface area (Å²) < 4.78 is 53.2. The number of benzene rings is 2. The van der Waals surface area contributed by atoms with Crippen LogP contribution in [0, 0.1) is 23.3 Å². The molecule has 0 spiro atoms. The van der Waals surface area contributed by atoms with Crippen LogP contribution in [0.4, 0.5) is 17.6 Å². The molecule has 100 valence electrons. The van der Waals surface area contributed by atoms with Crippen molar-refractivity contribution in [2.75, 3.05) is 0 Å². The Hall–Kier alpha value is -1.40. The minimum absolute atomic E-state index is 0.0760. The van der Waals surface area contributed by atoms with E-state index in [-0.39, 0.29) is 10.0 Å². The zero-order chi connectivity index (χ0) is 14.2. The van der Waals surface area contributed by atoms with Gasteiger partial charge in [-0.2, -0.15) is 0 Å². The van der Waals surface area contributed by atoms with Crippen LogP contribution >= 0.6 is 15.9 Å². The Morgan fingerprint density at radius 1 is 0.842 bits per heavy atom. The van der Waals surface area contributed by atoms with Gasteiger partial charge in [0.2, 0.25) is 0 Å². The van der Waals surface area contributed by atoms with Gasteiger partial charge in [0.15, 0.2) is 17.5 Å². The summed E-state index contributed by atoms with van der Waals surface area (Å²) in [4.78, 5) is 0. The Labute approximate surface area is 114 Å². The predicted molar refractivity (Wildman–Crippen MR) is 64.5 cm³/mol. The molecule has 2 rings (SSSR count). The highest BCUT2D eigenvalue weighted by Crippen LogP contribution is 2.30. The van der Waals surface area contributed by atoms with E-state index in [0.29, 0.717) is 6.07 Å². The monoisotopic (exact) mass is 334 g/mol. The van der Waals surface area contributed by atoms with Crippen LogP contribution in [0.5, 0.6) is 0 Å². The average molecular weight is 335 g/mol. The first-order valence-corrected chi connectivity index (χ1v) is 5.98. The highest BCUT2D eigenvalue weighted by molar-refractivity contribution is 9.10. The fourth-order valence-corrected chi connectivity index (χ4v) is 2.03. The molecule has 2 aromatic carbocycles. The van der Waals surface area contributed by atoms with Gasteiger partial charge in [0.25, 0.3) is 0 Å². The second kappa shape index (κ2) is 5.30. The summed E-state index contributed by atoms with van der Waals surface area (Å²) in [6.07, 6.45) is -1.73. The van der Waals surface area contributed by atoms with Crippen LogP contribution in [-0.2, 0) is 0 Å². The largest absolute Gasteiger partial charge is 0.383 e. The third-order valence-corrected chi connectivity index (χ3v) is 3.25. The van der Waals surface area contributed by atoms with Crippen LogP contribution in [0.25, 0.3) is 0 Å². The molecule has 0 bridgehead atoms. The van der Waals surface area contributed by atoms with Crippen LogP contribution in [0.1, 0.15) is 17.2 Å². The molecule has 0 saturated heterocycles.